The largest absolute Gasteiger partial charge is 0.482 e. The third kappa shape index (κ3) is 3.46. The van der Waals surface area contributed by atoms with Gasteiger partial charge in [-0.2, -0.15) is 0 Å². The van der Waals surface area contributed by atoms with Gasteiger partial charge in [0.05, 0.1) is 22.8 Å². The van der Waals surface area contributed by atoms with Crippen LogP contribution in [0.15, 0.2) is 36.4 Å². The Balaban J connectivity index is 1.76. The summed E-state index contributed by atoms with van der Waals surface area (Å²) in [7, 11) is 0. The van der Waals surface area contributed by atoms with Crippen LogP contribution >= 0.6 is 11.6 Å². The number of benzene rings is 2. The molecule has 0 aliphatic carbocycles. The van der Waals surface area contributed by atoms with E-state index in [2.05, 4.69) is 10.6 Å². The second-order valence-electron chi connectivity index (χ2n) is 5.32. The molecule has 0 aromatic heterocycles. The van der Waals surface area contributed by atoms with Crippen molar-refractivity contribution in [2.75, 3.05) is 17.2 Å². The maximum atomic E-state index is 12.2. The third-order valence-corrected chi connectivity index (χ3v) is 3.90. The quantitative estimate of drug-likeness (QED) is 0.908. The Bertz CT molecular complexity index is 789. The molecule has 1 aliphatic rings. The van der Waals surface area contributed by atoms with E-state index in [4.69, 9.17) is 16.3 Å². The summed E-state index contributed by atoms with van der Waals surface area (Å²) in [5, 5.41) is 5.79. The molecule has 0 saturated heterocycles. The fourth-order valence-electron chi connectivity index (χ4n) is 2.37. The Morgan fingerprint density at radius 1 is 1.35 bits per heavy atom. The topological polar surface area (TPSA) is 67.4 Å². The van der Waals surface area contributed by atoms with Gasteiger partial charge in [-0.1, -0.05) is 35.9 Å². The first-order valence-corrected chi connectivity index (χ1v) is 7.51. The van der Waals surface area contributed by atoms with Crippen molar-refractivity contribution in [3.63, 3.8) is 0 Å². The molecule has 2 N–H and O–H groups in total. The smallest absolute Gasteiger partial charge is 0.262 e. The number of carbonyl (C=O) groups is 2. The molecule has 118 valence electrons. The molecule has 0 saturated carbocycles. The summed E-state index contributed by atoms with van der Waals surface area (Å²) in [5.41, 5.74) is 2.98. The van der Waals surface area contributed by atoms with Gasteiger partial charge in [-0.15, -0.1) is 0 Å². The van der Waals surface area contributed by atoms with Crippen LogP contribution in [0.1, 0.15) is 11.1 Å². The molecule has 0 unspecified atom stereocenters. The van der Waals surface area contributed by atoms with Crippen LogP contribution in [-0.4, -0.2) is 18.4 Å². The maximum absolute atomic E-state index is 12.2. The number of halogens is 1. The number of amides is 2. The zero-order valence-corrected chi connectivity index (χ0v) is 13.2. The van der Waals surface area contributed by atoms with Crippen molar-refractivity contribution >= 4 is 34.8 Å². The zero-order chi connectivity index (χ0) is 16.4. The number of hydrogen-bond donors (Lipinski definition) is 2. The molecule has 0 spiro atoms. The highest BCUT2D eigenvalue weighted by molar-refractivity contribution is 6.34. The minimum atomic E-state index is -0.232. The second kappa shape index (κ2) is 6.30. The number of ether oxygens (including phenoxy) is 1. The van der Waals surface area contributed by atoms with Crippen molar-refractivity contribution in [1.82, 2.24) is 0 Å². The molecule has 1 heterocycles. The van der Waals surface area contributed by atoms with Gasteiger partial charge >= 0.3 is 0 Å². The second-order valence-corrected chi connectivity index (χ2v) is 5.72. The van der Waals surface area contributed by atoms with Crippen LogP contribution < -0.4 is 15.4 Å². The monoisotopic (exact) mass is 330 g/mol. The first-order chi connectivity index (χ1) is 11.0. The van der Waals surface area contributed by atoms with E-state index in [0.29, 0.717) is 22.1 Å². The normalized spacial score (nSPS) is 12.9. The molecular weight excluding hydrogens is 316 g/mol. The predicted molar refractivity (Wildman–Crippen MR) is 89.1 cm³/mol. The molecule has 6 heteroatoms. The van der Waals surface area contributed by atoms with E-state index in [9.17, 15) is 9.59 Å². The molecule has 2 aromatic rings. The summed E-state index contributed by atoms with van der Waals surface area (Å²) in [6.45, 7) is 1.91. The summed E-state index contributed by atoms with van der Waals surface area (Å²) >= 11 is 6.17. The van der Waals surface area contributed by atoms with Gasteiger partial charge in [0.15, 0.2) is 6.61 Å². The lowest BCUT2D eigenvalue weighted by molar-refractivity contribution is -0.118. The predicted octanol–water partition coefficient (Wildman–Crippen LogP) is 3.16. The van der Waals surface area contributed by atoms with Gasteiger partial charge in [0.1, 0.15) is 5.75 Å². The molecule has 2 amide bonds. The van der Waals surface area contributed by atoms with Crippen molar-refractivity contribution in [2.45, 2.75) is 13.3 Å². The SMILES string of the molecule is Cc1ccccc1CC(=O)Nc1cc2c(cc1Cl)NC(=O)CO2. The number of carbonyl (C=O) groups excluding carboxylic acids is 2. The average molecular weight is 331 g/mol. The molecule has 5 nitrogen and oxygen atoms in total. The maximum Gasteiger partial charge on any atom is 0.262 e. The summed E-state index contributed by atoms with van der Waals surface area (Å²) < 4.78 is 5.33. The van der Waals surface area contributed by atoms with Gasteiger partial charge in [0.2, 0.25) is 5.91 Å². The molecule has 0 bridgehead atoms. The first-order valence-electron chi connectivity index (χ1n) is 7.13. The summed E-state index contributed by atoms with van der Waals surface area (Å²) in [6, 6.07) is 10.9. The van der Waals surface area contributed by atoms with Crippen molar-refractivity contribution in [2.24, 2.45) is 0 Å². The number of nitrogens with one attached hydrogen (secondary N) is 2. The summed E-state index contributed by atoms with van der Waals surface area (Å²) in [5.74, 6) is 0.0890. The van der Waals surface area contributed by atoms with Gasteiger partial charge in [0, 0.05) is 6.07 Å². The van der Waals surface area contributed by atoms with Crippen LogP contribution in [0.4, 0.5) is 11.4 Å². The number of aryl methyl sites for hydroxylation is 1. The van der Waals surface area contributed by atoms with E-state index < -0.39 is 0 Å². The van der Waals surface area contributed by atoms with Gasteiger partial charge in [-0.3, -0.25) is 9.59 Å². The van der Waals surface area contributed by atoms with Gasteiger partial charge < -0.3 is 15.4 Å². The highest BCUT2D eigenvalue weighted by Gasteiger charge is 2.19. The van der Waals surface area contributed by atoms with E-state index in [1.807, 2.05) is 31.2 Å². The Kier molecular flexibility index (Phi) is 4.21. The van der Waals surface area contributed by atoms with Gasteiger partial charge in [0.25, 0.3) is 5.91 Å². The molecule has 0 radical (unpaired) electrons. The molecular formula is C17H15ClN2O3. The Labute approximate surface area is 138 Å². The van der Waals surface area contributed by atoms with Gasteiger partial charge in [-0.25, -0.2) is 0 Å². The van der Waals surface area contributed by atoms with E-state index in [0.717, 1.165) is 11.1 Å². The molecule has 3 rings (SSSR count). The van der Waals surface area contributed by atoms with Crippen LogP contribution in [0.2, 0.25) is 5.02 Å². The minimum Gasteiger partial charge on any atom is -0.482 e. The molecule has 0 fully saturated rings. The highest BCUT2D eigenvalue weighted by atomic mass is 35.5. The zero-order valence-electron chi connectivity index (χ0n) is 12.5. The van der Waals surface area contributed by atoms with Crippen molar-refractivity contribution in [3.8, 4) is 5.75 Å². The summed E-state index contributed by atoms with van der Waals surface area (Å²) in [4.78, 5) is 23.5. The van der Waals surface area contributed by atoms with Crippen LogP contribution in [0.25, 0.3) is 0 Å². The molecule has 1 aliphatic heterocycles. The number of hydrogen-bond acceptors (Lipinski definition) is 3. The average Bonchev–Trinajstić information content (AvgIpc) is 2.50. The number of fused-ring (bicyclic) bond motifs is 1. The van der Waals surface area contributed by atoms with Crippen LogP contribution in [-0.2, 0) is 16.0 Å². The van der Waals surface area contributed by atoms with Crippen LogP contribution in [0.5, 0.6) is 5.75 Å². The lowest BCUT2D eigenvalue weighted by atomic mass is 10.1. The lowest BCUT2D eigenvalue weighted by Crippen LogP contribution is -2.25. The first kappa shape index (κ1) is 15.4. The fourth-order valence-corrected chi connectivity index (χ4v) is 2.58. The van der Waals surface area contributed by atoms with Crippen LogP contribution in [0, 0.1) is 6.92 Å². The van der Waals surface area contributed by atoms with Crippen LogP contribution in [0.3, 0.4) is 0 Å². The Morgan fingerprint density at radius 2 is 2.13 bits per heavy atom. The van der Waals surface area contributed by atoms with Crippen molar-refractivity contribution in [3.05, 3.63) is 52.5 Å². The van der Waals surface area contributed by atoms with E-state index in [1.165, 1.54) is 0 Å². The fraction of sp³-hybridized carbons (Fsp3) is 0.176. The summed E-state index contributed by atoms with van der Waals surface area (Å²) in [6.07, 6.45) is 0.262. The number of anilines is 2. The molecule has 23 heavy (non-hydrogen) atoms. The third-order valence-electron chi connectivity index (χ3n) is 3.59. The van der Waals surface area contributed by atoms with E-state index >= 15 is 0 Å². The number of rotatable bonds is 3. The Morgan fingerprint density at radius 3 is 2.91 bits per heavy atom. The van der Waals surface area contributed by atoms with Crippen molar-refractivity contribution in [1.29, 1.82) is 0 Å². The standard InChI is InChI=1S/C17H15ClN2O3/c1-10-4-2-3-5-11(10)6-16(21)19-13-8-15-14(7-12(13)18)20-17(22)9-23-15/h2-5,7-8H,6,9H2,1H3,(H,19,21)(H,20,22). The minimum absolute atomic E-state index is 0.0504. The molecule has 2 aromatic carbocycles. The van der Waals surface area contributed by atoms with E-state index in [-0.39, 0.29) is 24.8 Å². The lowest BCUT2D eigenvalue weighted by Gasteiger charge is -2.19. The highest BCUT2D eigenvalue weighted by Crippen LogP contribution is 2.36. The van der Waals surface area contributed by atoms with Crippen molar-refractivity contribution < 1.29 is 14.3 Å². The van der Waals surface area contributed by atoms with E-state index in [1.54, 1.807) is 12.1 Å². The Hall–Kier alpha value is -2.53. The van der Waals surface area contributed by atoms with Gasteiger partial charge in [-0.05, 0) is 24.1 Å². The molecule has 0 atom stereocenters.